The van der Waals surface area contributed by atoms with Crippen molar-refractivity contribution in [3.8, 4) is 0 Å². The molecular weight excluding hydrogens is 512 g/mol. The van der Waals surface area contributed by atoms with Gasteiger partial charge in [0, 0.05) is 6.54 Å². The van der Waals surface area contributed by atoms with E-state index in [1.165, 1.54) is 11.3 Å². The van der Waals surface area contributed by atoms with E-state index in [1.807, 2.05) is 20.8 Å². The van der Waals surface area contributed by atoms with Crippen LogP contribution in [0, 0.1) is 17.8 Å². The van der Waals surface area contributed by atoms with Crippen LogP contribution in [-0.2, 0) is 23.9 Å². The van der Waals surface area contributed by atoms with Crippen molar-refractivity contribution in [2.75, 3.05) is 6.54 Å². The summed E-state index contributed by atoms with van der Waals surface area (Å²) in [6.45, 7) is 10.4. The predicted octanol–water partition coefficient (Wildman–Crippen LogP) is 3.84. The molecule has 0 aromatic heterocycles. The summed E-state index contributed by atoms with van der Waals surface area (Å²) in [6, 6.07) is -2.53. The monoisotopic (exact) mass is 564 g/mol. The van der Waals surface area contributed by atoms with Gasteiger partial charge in [0.2, 0.25) is 17.6 Å². The molecule has 0 radical (unpaired) electrons. The summed E-state index contributed by atoms with van der Waals surface area (Å²) >= 11 is 0. The molecule has 10 nitrogen and oxygen atoms in total. The number of amides is 4. The van der Waals surface area contributed by atoms with Crippen molar-refractivity contribution in [1.82, 2.24) is 15.5 Å². The molecule has 10 heteroatoms. The molecule has 4 amide bonds. The van der Waals surface area contributed by atoms with E-state index in [1.54, 1.807) is 0 Å². The van der Waals surface area contributed by atoms with Crippen molar-refractivity contribution >= 4 is 29.6 Å². The maximum absolute atomic E-state index is 13.8. The molecule has 0 bridgehead atoms. The van der Waals surface area contributed by atoms with Gasteiger partial charge in [-0.05, 0) is 56.8 Å². The number of hydrogen-bond donors (Lipinski definition) is 3. The Kier molecular flexibility index (Phi) is 13.9. The number of primary amides is 1. The zero-order chi connectivity index (χ0) is 29.8. The smallest absolute Gasteiger partial charge is 0.408 e. The zero-order valence-electron chi connectivity index (χ0n) is 25.2. The number of ketones is 1. The van der Waals surface area contributed by atoms with Crippen LogP contribution in [0.15, 0.2) is 0 Å². The van der Waals surface area contributed by atoms with Gasteiger partial charge in [-0.3, -0.25) is 19.2 Å². The lowest BCUT2D eigenvalue weighted by molar-refractivity contribution is -0.143. The van der Waals surface area contributed by atoms with Gasteiger partial charge in [0.1, 0.15) is 18.2 Å². The van der Waals surface area contributed by atoms with E-state index in [0.29, 0.717) is 25.8 Å². The number of ether oxygens (including phenoxy) is 1. The summed E-state index contributed by atoms with van der Waals surface area (Å²) < 4.78 is 5.49. The molecule has 4 atom stereocenters. The van der Waals surface area contributed by atoms with Gasteiger partial charge in [-0.1, -0.05) is 72.6 Å². The first kappa shape index (κ1) is 33.6. The topological polar surface area (TPSA) is 148 Å². The van der Waals surface area contributed by atoms with E-state index >= 15 is 0 Å². The lowest BCUT2D eigenvalue weighted by Gasteiger charge is -2.35. The number of nitrogens with one attached hydrogen (secondary N) is 2. The van der Waals surface area contributed by atoms with Gasteiger partial charge in [-0.25, -0.2) is 4.79 Å². The molecule has 1 saturated heterocycles. The van der Waals surface area contributed by atoms with Gasteiger partial charge in [-0.15, -0.1) is 0 Å². The molecule has 0 spiro atoms. The minimum Gasteiger partial charge on any atom is -0.446 e. The van der Waals surface area contributed by atoms with Gasteiger partial charge in [0.15, 0.2) is 0 Å². The Labute approximate surface area is 239 Å². The highest BCUT2D eigenvalue weighted by atomic mass is 16.6. The average molecular weight is 565 g/mol. The predicted molar refractivity (Wildman–Crippen MR) is 153 cm³/mol. The van der Waals surface area contributed by atoms with Crippen LogP contribution >= 0.6 is 0 Å². The van der Waals surface area contributed by atoms with Crippen LogP contribution in [0.25, 0.3) is 0 Å². The van der Waals surface area contributed by atoms with Crippen molar-refractivity contribution in [2.45, 2.75) is 136 Å². The fourth-order valence-electron chi connectivity index (χ4n) is 5.53. The van der Waals surface area contributed by atoms with Crippen LogP contribution in [0.2, 0.25) is 0 Å². The Morgan fingerprint density at radius 1 is 0.875 bits per heavy atom. The molecular formula is C30H52N4O6. The molecule has 0 aromatic carbocycles. The Hall–Kier alpha value is -2.65. The van der Waals surface area contributed by atoms with Crippen molar-refractivity contribution in [2.24, 2.45) is 23.5 Å². The molecule has 1 aliphatic heterocycles. The molecule has 2 saturated carbocycles. The number of alkyl carbamates (subject to hydrolysis) is 1. The van der Waals surface area contributed by atoms with Crippen molar-refractivity contribution in [3.05, 3.63) is 0 Å². The molecule has 1 heterocycles. The summed E-state index contributed by atoms with van der Waals surface area (Å²) in [5.41, 5.74) is 5.24. The van der Waals surface area contributed by atoms with Gasteiger partial charge in [-0.2, -0.15) is 0 Å². The van der Waals surface area contributed by atoms with Gasteiger partial charge in [0.25, 0.3) is 5.91 Å². The third kappa shape index (κ3) is 9.77. The van der Waals surface area contributed by atoms with E-state index in [4.69, 9.17) is 10.5 Å². The number of Topliss-reactive ketones (excluding diaryl/α,β-unsaturated/α-hetero) is 1. The van der Waals surface area contributed by atoms with Crippen LogP contribution in [0.5, 0.6) is 0 Å². The van der Waals surface area contributed by atoms with Crippen molar-refractivity contribution < 1.29 is 28.7 Å². The Bertz CT molecular complexity index is 868. The van der Waals surface area contributed by atoms with E-state index in [2.05, 4.69) is 24.5 Å². The zero-order valence-corrected chi connectivity index (χ0v) is 25.2. The second kappa shape index (κ2) is 16.6. The summed E-state index contributed by atoms with van der Waals surface area (Å²) in [4.78, 5) is 65.4. The van der Waals surface area contributed by atoms with Gasteiger partial charge < -0.3 is 26.0 Å². The summed E-state index contributed by atoms with van der Waals surface area (Å²) in [5, 5.41) is 5.55. The van der Waals surface area contributed by atoms with E-state index in [0.717, 1.165) is 51.4 Å². The largest absolute Gasteiger partial charge is 0.446 e. The maximum Gasteiger partial charge on any atom is 0.408 e. The Morgan fingerprint density at radius 3 is 2.02 bits per heavy atom. The number of carbonyl (C=O) groups is 5. The second-order valence-electron chi connectivity index (χ2n) is 12.1. The fourth-order valence-corrected chi connectivity index (χ4v) is 5.53. The van der Waals surface area contributed by atoms with Crippen molar-refractivity contribution in [3.63, 3.8) is 0 Å². The minimum atomic E-state index is -1.07. The Balaban J connectivity index is 0.00000178. The molecule has 40 heavy (non-hydrogen) atoms. The van der Waals surface area contributed by atoms with Gasteiger partial charge >= 0.3 is 6.09 Å². The summed E-state index contributed by atoms with van der Waals surface area (Å²) in [7, 11) is 0. The summed E-state index contributed by atoms with van der Waals surface area (Å²) in [5.74, 6) is -2.25. The lowest BCUT2D eigenvalue weighted by atomic mass is 9.80. The second-order valence-corrected chi connectivity index (χ2v) is 12.1. The number of carbonyl (C=O) groups excluding carboxylic acids is 5. The Morgan fingerprint density at radius 2 is 1.50 bits per heavy atom. The first-order valence-corrected chi connectivity index (χ1v) is 15.4. The first-order chi connectivity index (χ1) is 19.0. The van der Waals surface area contributed by atoms with E-state index in [9.17, 15) is 24.0 Å². The molecule has 228 valence electrons. The highest BCUT2D eigenvalue weighted by molar-refractivity contribution is 6.37. The van der Waals surface area contributed by atoms with E-state index < -0.39 is 41.8 Å². The average Bonchev–Trinajstić information content (AvgIpc) is 3.39. The first-order valence-electron chi connectivity index (χ1n) is 15.4. The van der Waals surface area contributed by atoms with Crippen LogP contribution in [0.4, 0.5) is 4.79 Å². The highest BCUT2D eigenvalue weighted by Crippen LogP contribution is 2.32. The molecule has 3 aliphatic rings. The number of nitrogens with zero attached hydrogens (tertiary/aromatic N) is 1. The normalized spacial score (nSPS) is 21.8. The van der Waals surface area contributed by atoms with Crippen LogP contribution < -0.4 is 16.4 Å². The number of rotatable bonds is 11. The van der Waals surface area contributed by atoms with E-state index in [-0.39, 0.29) is 29.8 Å². The molecule has 0 aromatic rings. The third-order valence-corrected chi connectivity index (χ3v) is 8.40. The van der Waals surface area contributed by atoms with Gasteiger partial charge in [0.05, 0.1) is 6.04 Å². The summed E-state index contributed by atoms with van der Waals surface area (Å²) in [6.07, 6.45) is 9.44. The lowest BCUT2D eigenvalue weighted by Crippen LogP contribution is -2.58. The molecule has 3 unspecified atom stereocenters. The highest BCUT2D eigenvalue weighted by Gasteiger charge is 2.42. The SMILES string of the molecule is CC(C)C(C)OC(=O)N[C@H](C(=O)N1CCCC1C(=O)NC(CC1CCC1)C(=O)C(N)=O)C1CCCCC1.CCC. The molecule has 2 aliphatic carbocycles. The fraction of sp³-hybridized carbons (Fsp3) is 0.833. The number of hydrogen-bond acceptors (Lipinski definition) is 6. The quantitative estimate of drug-likeness (QED) is 0.325. The van der Waals surface area contributed by atoms with Crippen molar-refractivity contribution in [1.29, 1.82) is 0 Å². The third-order valence-electron chi connectivity index (χ3n) is 8.40. The standard InChI is InChI=1S/C27H44N4O6.C3H8/c1-16(2)17(3)37-27(36)30-22(19-11-5-4-6-12-19)26(35)31-14-8-13-21(31)25(34)29-20(23(32)24(28)33)15-18-9-7-10-18;1-3-2/h16-22H,4-15H2,1-3H3,(H2,28,33)(H,29,34)(H,30,36);3H2,1-2H3/t17?,20?,21?,22-;/m0./s1. The minimum absolute atomic E-state index is 0.0322. The molecule has 3 rings (SSSR count). The van der Waals surface area contributed by atoms with Crippen LogP contribution in [0.3, 0.4) is 0 Å². The number of likely N-dealkylation sites (tertiary alicyclic amines) is 1. The van der Waals surface area contributed by atoms with Crippen LogP contribution in [-0.4, -0.2) is 65.3 Å². The number of nitrogens with two attached hydrogens (primary N) is 1. The van der Waals surface area contributed by atoms with Crippen LogP contribution in [0.1, 0.15) is 112 Å². The maximum atomic E-state index is 13.8. The molecule has 3 fully saturated rings. The molecule has 4 N–H and O–H groups in total.